The fourth-order valence-corrected chi connectivity index (χ4v) is 1.16. The van der Waals surface area contributed by atoms with E-state index in [1.807, 2.05) is 5.43 Å². The minimum absolute atomic E-state index is 0.228. The first kappa shape index (κ1) is 12.2. The van der Waals surface area contributed by atoms with Crippen LogP contribution in [0.5, 0.6) is 5.88 Å². The highest BCUT2D eigenvalue weighted by molar-refractivity contribution is 5.74. The number of nitrogens with one attached hydrogen (secondary N) is 1. The Morgan fingerprint density at radius 1 is 1.62 bits per heavy atom. The van der Waals surface area contributed by atoms with Crippen molar-refractivity contribution in [2.24, 2.45) is 5.84 Å². The monoisotopic (exact) mass is 226 g/mol. The van der Waals surface area contributed by atoms with Crippen molar-refractivity contribution in [1.82, 2.24) is 15.2 Å². The average Bonchev–Trinajstić information content (AvgIpc) is 2.31. The summed E-state index contributed by atoms with van der Waals surface area (Å²) in [6, 6.07) is 2.86. The number of nitrogens with two attached hydrogens (primary N) is 1. The number of aryl methyl sites for hydroxylation is 1. The maximum atomic E-state index is 11.4. The smallest absolute Gasteiger partial charge is 0.266 e. The van der Waals surface area contributed by atoms with Gasteiger partial charge in [-0.15, -0.1) is 5.10 Å². The second kappa shape index (κ2) is 5.86. The van der Waals surface area contributed by atoms with Crippen LogP contribution >= 0.6 is 0 Å². The van der Waals surface area contributed by atoms with Crippen LogP contribution in [0.1, 0.15) is 12.8 Å². The van der Waals surface area contributed by atoms with Gasteiger partial charge < -0.3 is 4.74 Å². The molecule has 1 heterocycles. The van der Waals surface area contributed by atoms with Crippen molar-refractivity contribution in [3.8, 4) is 5.88 Å². The molecular formula is C9H14N4O3. The molecule has 0 aliphatic carbocycles. The van der Waals surface area contributed by atoms with E-state index in [1.54, 1.807) is 0 Å². The van der Waals surface area contributed by atoms with Crippen molar-refractivity contribution in [2.75, 3.05) is 7.11 Å². The van der Waals surface area contributed by atoms with Crippen LogP contribution in [-0.4, -0.2) is 22.8 Å². The summed E-state index contributed by atoms with van der Waals surface area (Å²) in [6.07, 6.45) is 0.741. The Labute approximate surface area is 92.2 Å². The highest BCUT2D eigenvalue weighted by Crippen LogP contribution is 2.00. The van der Waals surface area contributed by atoms with Crippen molar-refractivity contribution < 1.29 is 9.53 Å². The van der Waals surface area contributed by atoms with E-state index in [9.17, 15) is 9.59 Å². The van der Waals surface area contributed by atoms with E-state index in [0.29, 0.717) is 18.8 Å². The minimum Gasteiger partial charge on any atom is -0.480 e. The molecule has 7 heteroatoms. The number of ether oxygens (including phenoxy) is 1. The molecule has 0 bridgehead atoms. The Morgan fingerprint density at radius 2 is 2.38 bits per heavy atom. The second-order valence-electron chi connectivity index (χ2n) is 3.11. The first-order chi connectivity index (χ1) is 7.67. The zero-order chi connectivity index (χ0) is 12.0. The molecule has 1 amide bonds. The number of carbonyl (C=O) groups is 1. The van der Waals surface area contributed by atoms with Gasteiger partial charge in [0.2, 0.25) is 11.8 Å². The van der Waals surface area contributed by atoms with Crippen LogP contribution in [0, 0.1) is 0 Å². The molecule has 0 unspecified atom stereocenters. The highest BCUT2D eigenvalue weighted by Gasteiger charge is 2.02. The summed E-state index contributed by atoms with van der Waals surface area (Å²) in [4.78, 5) is 22.2. The summed E-state index contributed by atoms with van der Waals surface area (Å²) < 4.78 is 6.14. The van der Waals surface area contributed by atoms with Crippen molar-refractivity contribution in [1.29, 1.82) is 0 Å². The quantitative estimate of drug-likeness (QED) is 0.382. The largest absolute Gasteiger partial charge is 0.480 e. The van der Waals surface area contributed by atoms with Crippen molar-refractivity contribution in [3.63, 3.8) is 0 Å². The fraction of sp³-hybridized carbons (Fsp3) is 0.444. The maximum absolute atomic E-state index is 11.4. The third kappa shape index (κ3) is 3.35. The van der Waals surface area contributed by atoms with Crippen molar-refractivity contribution in [3.05, 3.63) is 22.5 Å². The summed E-state index contributed by atoms with van der Waals surface area (Å²) in [5.74, 6) is 5.02. The number of aromatic nitrogens is 2. The molecule has 0 saturated heterocycles. The van der Waals surface area contributed by atoms with Crippen LogP contribution < -0.4 is 21.6 Å². The van der Waals surface area contributed by atoms with Gasteiger partial charge in [-0.3, -0.25) is 15.0 Å². The van der Waals surface area contributed by atoms with Crippen LogP contribution in [-0.2, 0) is 11.3 Å². The van der Waals surface area contributed by atoms with Crippen LogP contribution in [0.2, 0.25) is 0 Å². The standard InChI is InChI=1S/C9H14N4O3/c1-16-8-4-5-9(15)13(12-8)6-2-3-7(14)11-10/h4-5H,2-3,6,10H2,1H3,(H,11,14). The number of rotatable bonds is 5. The van der Waals surface area contributed by atoms with Gasteiger partial charge in [0, 0.05) is 25.1 Å². The van der Waals surface area contributed by atoms with E-state index < -0.39 is 0 Å². The van der Waals surface area contributed by atoms with E-state index in [1.165, 1.54) is 23.9 Å². The van der Waals surface area contributed by atoms with Crippen molar-refractivity contribution >= 4 is 5.91 Å². The molecule has 88 valence electrons. The zero-order valence-corrected chi connectivity index (χ0v) is 8.97. The number of nitrogens with zero attached hydrogens (tertiary/aromatic N) is 2. The SMILES string of the molecule is COc1ccc(=O)n(CCCC(=O)NN)n1. The third-order valence-corrected chi connectivity index (χ3v) is 1.99. The van der Waals surface area contributed by atoms with Gasteiger partial charge in [0.15, 0.2) is 0 Å². The normalized spacial score (nSPS) is 9.88. The first-order valence-corrected chi connectivity index (χ1v) is 4.79. The third-order valence-electron chi connectivity index (χ3n) is 1.99. The molecule has 0 fully saturated rings. The molecule has 0 saturated carbocycles. The zero-order valence-electron chi connectivity index (χ0n) is 8.97. The number of amides is 1. The molecule has 0 radical (unpaired) electrons. The fourth-order valence-electron chi connectivity index (χ4n) is 1.16. The lowest BCUT2D eigenvalue weighted by atomic mass is 10.3. The van der Waals surface area contributed by atoms with E-state index in [-0.39, 0.29) is 17.9 Å². The second-order valence-corrected chi connectivity index (χ2v) is 3.11. The average molecular weight is 226 g/mol. The van der Waals surface area contributed by atoms with Gasteiger partial charge in [0.1, 0.15) is 0 Å². The number of carbonyl (C=O) groups excluding carboxylic acids is 1. The summed E-state index contributed by atoms with van der Waals surface area (Å²) in [5, 5.41) is 3.93. The molecule has 3 N–H and O–H groups in total. The van der Waals surface area contributed by atoms with E-state index in [2.05, 4.69) is 5.10 Å². The molecule has 0 atom stereocenters. The first-order valence-electron chi connectivity index (χ1n) is 4.79. The topological polar surface area (TPSA) is 99.2 Å². The predicted molar refractivity (Wildman–Crippen MR) is 56.6 cm³/mol. The van der Waals surface area contributed by atoms with Crippen LogP contribution in [0.4, 0.5) is 0 Å². The summed E-state index contributed by atoms with van der Waals surface area (Å²) >= 11 is 0. The van der Waals surface area contributed by atoms with E-state index in [0.717, 1.165) is 0 Å². The summed E-state index contributed by atoms with van der Waals surface area (Å²) in [7, 11) is 1.47. The number of hydrazine groups is 1. The van der Waals surface area contributed by atoms with Gasteiger partial charge in [0.25, 0.3) is 5.56 Å². The van der Waals surface area contributed by atoms with Gasteiger partial charge in [0.05, 0.1) is 7.11 Å². The van der Waals surface area contributed by atoms with Gasteiger partial charge in [-0.1, -0.05) is 0 Å². The Morgan fingerprint density at radius 3 is 3.00 bits per heavy atom. The number of hydrogen-bond donors (Lipinski definition) is 2. The predicted octanol–water partition coefficient (Wildman–Crippen LogP) is -0.978. The molecule has 0 spiro atoms. The van der Waals surface area contributed by atoms with Crippen LogP contribution in [0.3, 0.4) is 0 Å². The number of hydrogen-bond acceptors (Lipinski definition) is 5. The lowest BCUT2D eigenvalue weighted by molar-refractivity contribution is -0.121. The highest BCUT2D eigenvalue weighted by atomic mass is 16.5. The molecule has 7 nitrogen and oxygen atoms in total. The molecule has 0 aliphatic rings. The Balaban J connectivity index is 2.59. The summed E-state index contributed by atoms with van der Waals surface area (Å²) in [6.45, 7) is 0.351. The van der Waals surface area contributed by atoms with Gasteiger partial charge in [-0.2, -0.15) is 0 Å². The molecule has 1 aromatic heterocycles. The van der Waals surface area contributed by atoms with Gasteiger partial charge >= 0.3 is 0 Å². The Hall–Kier alpha value is -1.89. The van der Waals surface area contributed by atoms with E-state index >= 15 is 0 Å². The molecule has 1 aromatic rings. The van der Waals surface area contributed by atoms with Crippen molar-refractivity contribution in [2.45, 2.75) is 19.4 Å². The van der Waals surface area contributed by atoms with E-state index in [4.69, 9.17) is 10.6 Å². The number of methoxy groups -OCH3 is 1. The van der Waals surface area contributed by atoms with Gasteiger partial charge in [-0.05, 0) is 6.42 Å². The lowest BCUT2D eigenvalue weighted by Crippen LogP contribution is -2.30. The lowest BCUT2D eigenvalue weighted by Gasteiger charge is -2.05. The maximum Gasteiger partial charge on any atom is 0.266 e. The van der Waals surface area contributed by atoms with Crippen LogP contribution in [0.15, 0.2) is 16.9 Å². The van der Waals surface area contributed by atoms with Gasteiger partial charge in [-0.25, -0.2) is 10.5 Å². The minimum atomic E-state index is -0.268. The Kier molecular flexibility index (Phi) is 4.46. The molecule has 0 aliphatic heterocycles. The molecule has 16 heavy (non-hydrogen) atoms. The molecular weight excluding hydrogens is 212 g/mol. The Bertz CT molecular complexity index is 415. The molecule has 1 rings (SSSR count). The summed E-state index contributed by atoms with van der Waals surface area (Å²) in [5.41, 5.74) is 1.79. The molecule has 0 aromatic carbocycles. The van der Waals surface area contributed by atoms with Crippen LogP contribution in [0.25, 0.3) is 0 Å².